The number of rotatable bonds is 0. The zero-order valence-electron chi connectivity index (χ0n) is 5.88. The van der Waals surface area contributed by atoms with E-state index in [0.717, 1.165) is 10.9 Å². The largest absolute Gasteiger partial charge is 0.350 e. The maximum absolute atomic E-state index is 13.1. The third-order valence-electron chi connectivity index (χ3n) is 1.64. The molecule has 2 aromatic rings. The van der Waals surface area contributed by atoms with Crippen LogP contribution in [0, 0.1) is 5.82 Å². The summed E-state index contributed by atoms with van der Waals surface area (Å²) in [6.07, 6.45) is 2.62. The number of aromatic nitrogens is 2. The van der Waals surface area contributed by atoms with Crippen LogP contribution in [-0.2, 0) is 0 Å². The molecule has 0 unspecified atom stereocenters. The Morgan fingerprint density at radius 1 is 1.58 bits per heavy atom. The molecule has 0 spiro atoms. The molecule has 0 aliphatic heterocycles. The number of pyridine rings is 1. The van der Waals surface area contributed by atoms with Crippen LogP contribution in [0.5, 0.6) is 0 Å². The van der Waals surface area contributed by atoms with Gasteiger partial charge in [-0.15, -0.1) is 0 Å². The number of H-pyrrole nitrogens is 1. The van der Waals surface area contributed by atoms with Crippen molar-refractivity contribution in [2.45, 2.75) is 0 Å². The SMILES string of the molecule is O[n+]1cc(Cl)c(F)c2cc[nH]c21. The molecule has 2 rings (SSSR count). The van der Waals surface area contributed by atoms with Crippen LogP contribution in [0.4, 0.5) is 4.39 Å². The Bertz CT molecular complexity index is 440. The second kappa shape index (κ2) is 2.35. The molecular formula is C7H5ClFN2O+. The molecule has 62 valence electrons. The van der Waals surface area contributed by atoms with Gasteiger partial charge in [0.15, 0.2) is 12.0 Å². The lowest BCUT2D eigenvalue weighted by molar-refractivity contribution is -0.885. The lowest BCUT2D eigenvalue weighted by Gasteiger charge is -1.93. The lowest BCUT2D eigenvalue weighted by Crippen LogP contribution is -2.31. The first kappa shape index (κ1) is 7.36. The summed E-state index contributed by atoms with van der Waals surface area (Å²) in [5.41, 5.74) is 0.289. The molecule has 0 radical (unpaired) electrons. The molecule has 0 aliphatic rings. The van der Waals surface area contributed by atoms with E-state index in [2.05, 4.69) is 4.98 Å². The van der Waals surface area contributed by atoms with E-state index in [1.807, 2.05) is 0 Å². The van der Waals surface area contributed by atoms with Crippen LogP contribution in [-0.4, -0.2) is 10.2 Å². The zero-order chi connectivity index (χ0) is 8.72. The third kappa shape index (κ3) is 0.848. The van der Waals surface area contributed by atoms with Gasteiger partial charge in [0.2, 0.25) is 0 Å². The molecule has 2 aromatic heterocycles. The molecule has 0 saturated carbocycles. The minimum Gasteiger partial charge on any atom is -0.350 e. The topological polar surface area (TPSA) is 39.9 Å². The summed E-state index contributed by atoms with van der Waals surface area (Å²) in [5, 5.41) is 9.36. The summed E-state index contributed by atoms with van der Waals surface area (Å²) in [4.78, 5) is 2.67. The number of hydrogen-bond acceptors (Lipinski definition) is 1. The number of aromatic amines is 1. The highest BCUT2D eigenvalue weighted by Gasteiger charge is 2.15. The first-order valence-electron chi connectivity index (χ1n) is 3.26. The molecule has 2 heterocycles. The van der Waals surface area contributed by atoms with Gasteiger partial charge in [0, 0.05) is 0 Å². The van der Waals surface area contributed by atoms with E-state index >= 15 is 0 Å². The molecule has 0 atom stereocenters. The van der Waals surface area contributed by atoms with E-state index in [0.29, 0.717) is 0 Å². The van der Waals surface area contributed by atoms with Gasteiger partial charge in [0.05, 0.1) is 6.20 Å². The summed E-state index contributed by atoms with van der Waals surface area (Å²) >= 11 is 5.48. The summed E-state index contributed by atoms with van der Waals surface area (Å²) in [5.74, 6) is -0.529. The number of hydrogen-bond donors (Lipinski definition) is 2. The molecule has 0 bridgehead atoms. The van der Waals surface area contributed by atoms with Crippen molar-refractivity contribution in [2.75, 3.05) is 0 Å². The Hall–Kier alpha value is -1.29. The summed E-state index contributed by atoms with van der Waals surface area (Å²) in [6, 6.07) is 1.50. The summed E-state index contributed by atoms with van der Waals surface area (Å²) < 4.78 is 13.9. The standard InChI is InChI=1S/C7H4ClFN2O/c8-5-3-11(12)7-4(6(5)9)1-2-10-7/h1-3,12H/p+1. The number of nitrogens with one attached hydrogen (secondary N) is 1. The Labute approximate surface area is 72.0 Å². The van der Waals surface area contributed by atoms with Gasteiger partial charge in [-0.25, -0.2) is 9.37 Å². The molecule has 0 fully saturated rings. The molecule has 3 nitrogen and oxygen atoms in total. The first-order valence-corrected chi connectivity index (χ1v) is 3.64. The van der Waals surface area contributed by atoms with E-state index in [-0.39, 0.29) is 16.1 Å². The molecule has 0 saturated heterocycles. The molecule has 0 aromatic carbocycles. The highest BCUT2D eigenvalue weighted by atomic mass is 35.5. The van der Waals surface area contributed by atoms with Crippen molar-refractivity contribution in [2.24, 2.45) is 0 Å². The second-order valence-electron chi connectivity index (χ2n) is 2.38. The average molecular weight is 188 g/mol. The van der Waals surface area contributed by atoms with Crippen molar-refractivity contribution >= 4 is 22.6 Å². The maximum Gasteiger partial charge on any atom is 0.328 e. The van der Waals surface area contributed by atoms with Gasteiger partial charge in [0.1, 0.15) is 10.4 Å². The molecule has 12 heavy (non-hydrogen) atoms. The number of halogens is 2. The van der Waals surface area contributed by atoms with Crippen LogP contribution in [0.15, 0.2) is 18.5 Å². The number of fused-ring (bicyclic) bond motifs is 1. The highest BCUT2D eigenvalue weighted by Crippen LogP contribution is 2.19. The van der Waals surface area contributed by atoms with Crippen molar-refractivity contribution in [1.29, 1.82) is 0 Å². The second-order valence-corrected chi connectivity index (χ2v) is 2.78. The van der Waals surface area contributed by atoms with E-state index in [9.17, 15) is 9.60 Å². The Morgan fingerprint density at radius 2 is 2.33 bits per heavy atom. The van der Waals surface area contributed by atoms with Gasteiger partial charge in [-0.3, -0.25) is 0 Å². The van der Waals surface area contributed by atoms with Crippen molar-refractivity contribution in [1.82, 2.24) is 4.98 Å². The first-order chi connectivity index (χ1) is 5.70. The summed E-state index contributed by atoms with van der Waals surface area (Å²) in [6.45, 7) is 0. The lowest BCUT2D eigenvalue weighted by atomic mass is 10.3. The van der Waals surface area contributed by atoms with Gasteiger partial charge in [0.25, 0.3) is 0 Å². The minimum atomic E-state index is -0.529. The van der Waals surface area contributed by atoms with Crippen molar-refractivity contribution in [3.63, 3.8) is 0 Å². The van der Waals surface area contributed by atoms with Crippen LogP contribution in [0.2, 0.25) is 5.02 Å². The van der Waals surface area contributed by atoms with Crippen molar-refractivity contribution in [3.8, 4) is 0 Å². The molecule has 0 amide bonds. The van der Waals surface area contributed by atoms with Crippen LogP contribution >= 0.6 is 11.6 Å². The van der Waals surface area contributed by atoms with E-state index in [4.69, 9.17) is 11.6 Å². The van der Waals surface area contributed by atoms with E-state index in [1.165, 1.54) is 12.3 Å². The zero-order valence-corrected chi connectivity index (χ0v) is 6.64. The van der Waals surface area contributed by atoms with Crippen LogP contribution in [0.3, 0.4) is 0 Å². The van der Waals surface area contributed by atoms with Crippen molar-refractivity contribution in [3.05, 3.63) is 29.3 Å². The van der Waals surface area contributed by atoms with Gasteiger partial charge < -0.3 is 5.21 Å². The quantitative estimate of drug-likeness (QED) is 0.476. The smallest absolute Gasteiger partial charge is 0.328 e. The molecule has 5 heteroatoms. The summed E-state index contributed by atoms with van der Waals surface area (Å²) in [7, 11) is 0. The third-order valence-corrected chi connectivity index (χ3v) is 1.90. The predicted octanol–water partition coefficient (Wildman–Crippen LogP) is 1.49. The predicted molar refractivity (Wildman–Crippen MR) is 40.6 cm³/mol. The van der Waals surface area contributed by atoms with Crippen LogP contribution in [0.25, 0.3) is 11.0 Å². The normalized spacial score (nSPS) is 10.8. The van der Waals surface area contributed by atoms with Gasteiger partial charge in [-0.05, 0) is 10.8 Å². The van der Waals surface area contributed by atoms with Crippen LogP contribution < -0.4 is 4.73 Å². The fourth-order valence-electron chi connectivity index (χ4n) is 1.08. The van der Waals surface area contributed by atoms with Crippen molar-refractivity contribution < 1.29 is 14.3 Å². The Kier molecular flexibility index (Phi) is 1.44. The van der Waals surface area contributed by atoms with Gasteiger partial charge in [-0.1, -0.05) is 11.6 Å². The monoisotopic (exact) mass is 187 g/mol. The maximum atomic E-state index is 13.1. The van der Waals surface area contributed by atoms with Gasteiger partial charge in [-0.2, -0.15) is 0 Å². The average Bonchev–Trinajstić information content (AvgIpc) is 2.48. The molecule has 2 N–H and O–H groups in total. The fourth-order valence-corrected chi connectivity index (χ4v) is 1.28. The minimum absolute atomic E-state index is 0.107. The fraction of sp³-hybridized carbons (Fsp3) is 0. The Morgan fingerprint density at radius 3 is 3.08 bits per heavy atom. The molecule has 0 aliphatic carbocycles. The Balaban J connectivity index is 2.97. The highest BCUT2D eigenvalue weighted by molar-refractivity contribution is 6.31. The van der Waals surface area contributed by atoms with E-state index in [1.54, 1.807) is 0 Å². The number of nitrogens with zero attached hydrogens (tertiary/aromatic N) is 1. The van der Waals surface area contributed by atoms with Crippen LogP contribution in [0.1, 0.15) is 0 Å². The molecular weight excluding hydrogens is 183 g/mol. The van der Waals surface area contributed by atoms with Gasteiger partial charge >= 0.3 is 5.65 Å². The van der Waals surface area contributed by atoms with E-state index < -0.39 is 5.82 Å².